The zero-order chi connectivity index (χ0) is 33.7. The van der Waals surface area contributed by atoms with Crippen molar-refractivity contribution in [1.82, 2.24) is 0 Å². The van der Waals surface area contributed by atoms with E-state index in [1.165, 1.54) is 84.7 Å². The van der Waals surface area contributed by atoms with Gasteiger partial charge in [0, 0.05) is 16.8 Å². The fourth-order valence-corrected chi connectivity index (χ4v) is 10.4. The fourth-order valence-electron chi connectivity index (χ4n) is 10.4. The molecule has 0 amide bonds. The topological polar surface area (TPSA) is 27.0 Å². The molecule has 2 heteroatoms. The average Bonchev–Trinajstić information content (AvgIpc) is 3.58. The van der Waals surface area contributed by atoms with Crippen LogP contribution in [0.3, 0.4) is 0 Å². The molecule has 2 aliphatic carbocycles. The summed E-state index contributed by atoms with van der Waals surface area (Å²) >= 11 is 0. The molecule has 3 aliphatic rings. The molecule has 0 aromatic heterocycles. The lowest BCUT2D eigenvalue weighted by Crippen LogP contribution is -2.54. The molecule has 2 nitrogen and oxygen atoms in total. The van der Waals surface area contributed by atoms with Crippen LogP contribution in [0.2, 0.25) is 0 Å². The maximum Gasteiger partial charge on any atom is 0.0991 e. The second-order valence-electron chi connectivity index (χ2n) is 15.1. The number of anilines is 2. The Bertz CT molecular complexity index is 2500. The van der Waals surface area contributed by atoms with E-state index in [-0.39, 0.29) is 11.0 Å². The number of hydrogen-bond acceptors (Lipinski definition) is 2. The molecule has 0 spiro atoms. The van der Waals surface area contributed by atoms with Crippen molar-refractivity contribution in [3.05, 3.63) is 179 Å². The predicted molar refractivity (Wildman–Crippen MR) is 206 cm³/mol. The smallest absolute Gasteiger partial charge is 0.0991 e. The summed E-state index contributed by atoms with van der Waals surface area (Å²) in [4.78, 5) is 2.65. The molecular formula is C48H38N2. The monoisotopic (exact) mass is 642 g/mol. The minimum atomic E-state index is -0.507. The first-order chi connectivity index (χ1) is 24.5. The molecule has 7 aromatic rings. The largest absolute Gasteiger partial charge is 0.334 e. The Hall–Kier alpha value is -5.65. The maximum atomic E-state index is 9.93. The number of benzene rings is 7. The van der Waals surface area contributed by atoms with E-state index in [1.54, 1.807) is 0 Å². The van der Waals surface area contributed by atoms with Crippen molar-refractivity contribution >= 4 is 32.9 Å². The number of hydrogen-bond donors (Lipinski definition) is 0. The van der Waals surface area contributed by atoms with Gasteiger partial charge in [-0.2, -0.15) is 5.26 Å². The molecule has 2 unspecified atom stereocenters. The van der Waals surface area contributed by atoms with E-state index in [0.29, 0.717) is 0 Å². The minimum Gasteiger partial charge on any atom is -0.334 e. The zero-order valence-electron chi connectivity index (χ0n) is 28.6. The van der Waals surface area contributed by atoms with Crippen LogP contribution in [0.5, 0.6) is 0 Å². The molecular weight excluding hydrogens is 605 g/mol. The third-order valence-corrected chi connectivity index (χ3v) is 12.9. The Labute approximate surface area is 294 Å². The van der Waals surface area contributed by atoms with E-state index in [9.17, 15) is 5.26 Å². The van der Waals surface area contributed by atoms with Gasteiger partial charge in [-0.1, -0.05) is 135 Å². The minimum absolute atomic E-state index is 0.0529. The summed E-state index contributed by atoms with van der Waals surface area (Å²) < 4.78 is 0. The third kappa shape index (κ3) is 3.62. The van der Waals surface area contributed by atoms with Crippen molar-refractivity contribution in [3.63, 3.8) is 0 Å². The lowest BCUT2D eigenvalue weighted by Gasteiger charge is -2.50. The predicted octanol–water partition coefficient (Wildman–Crippen LogP) is 12.0. The summed E-state index contributed by atoms with van der Waals surface area (Å²) in [5.41, 5.74) is 11.7. The van der Waals surface area contributed by atoms with Crippen LogP contribution in [0.15, 0.2) is 146 Å². The molecule has 2 atom stereocenters. The Morgan fingerprint density at radius 1 is 0.580 bits per heavy atom. The van der Waals surface area contributed by atoms with E-state index < -0.39 is 5.41 Å². The van der Waals surface area contributed by atoms with Gasteiger partial charge in [0.25, 0.3) is 0 Å². The van der Waals surface area contributed by atoms with Crippen LogP contribution in [-0.4, -0.2) is 5.54 Å². The molecule has 0 N–H and O–H groups in total. The van der Waals surface area contributed by atoms with Crippen LogP contribution >= 0.6 is 0 Å². The SMILES string of the molecule is CC12CCCCC1(C)N(c1ccc3c(c1)C(c1ccccc1)(c1ccccc1)c1ccc4c(ccc5ccccc54)c1-3)c1ccc(C#N)cc12. The lowest BCUT2D eigenvalue weighted by atomic mass is 9.61. The number of fused-ring (bicyclic) bond motifs is 10. The van der Waals surface area contributed by atoms with Gasteiger partial charge in [0.1, 0.15) is 0 Å². The van der Waals surface area contributed by atoms with E-state index in [2.05, 4.69) is 164 Å². The van der Waals surface area contributed by atoms with E-state index in [4.69, 9.17) is 0 Å². The Morgan fingerprint density at radius 3 is 2.04 bits per heavy atom. The first-order valence-electron chi connectivity index (χ1n) is 18.0. The van der Waals surface area contributed by atoms with Crippen LogP contribution in [0.1, 0.15) is 72.9 Å². The first kappa shape index (κ1) is 29.3. The van der Waals surface area contributed by atoms with E-state index in [1.807, 2.05) is 6.07 Å². The van der Waals surface area contributed by atoms with Gasteiger partial charge in [0.05, 0.1) is 22.6 Å². The van der Waals surface area contributed by atoms with Gasteiger partial charge < -0.3 is 4.90 Å². The fraction of sp³-hybridized carbons (Fsp3) is 0.188. The number of nitriles is 1. The first-order valence-corrected chi connectivity index (χ1v) is 18.0. The number of rotatable bonds is 3. The quantitative estimate of drug-likeness (QED) is 0.179. The highest BCUT2D eigenvalue weighted by molar-refractivity contribution is 6.14. The van der Waals surface area contributed by atoms with Crippen molar-refractivity contribution in [1.29, 1.82) is 5.26 Å². The molecule has 1 saturated carbocycles. The van der Waals surface area contributed by atoms with Gasteiger partial charge >= 0.3 is 0 Å². The molecule has 0 radical (unpaired) electrons. The standard InChI is InChI=1S/C48H38N2/c1-46-27-11-12-28-47(46,2)50(44-26-19-32(31-49)29-43(44)46)36-21-23-40-42(30-36)48(34-14-5-3-6-15-34,35-16-7-4-8-17-35)41-25-24-38-37-18-10-9-13-33(37)20-22-39(38)45(40)41/h3-10,13-26,29-30H,11-12,27-28H2,1-2H3. The summed E-state index contributed by atoms with van der Waals surface area (Å²) in [7, 11) is 0. The molecule has 1 fully saturated rings. The third-order valence-electron chi connectivity index (χ3n) is 12.9. The lowest BCUT2D eigenvalue weighted by molar-refractivity contribution is 0.195. The van der Waals surface area contributed by atoms with Crippen LogP contribution in [0, 0.1) is 11.3 Å². The summed E-state index contributed by atoms with van der Waals surface area (Å²) in [5, 5.41) is 15.1. The number of nitrogens with zero attached hydrogens (tertiary/aromatic N) is 2. The summed E-state index contributed by atoms with van der Waals surface area (Å²) in [6.45, 7) is 4.92. The Kier molecular flexibility index (Phi) is 6.11. The molecule has 240 valence electrons. The highest BCUT2D eigenvalue weighted by Gasteiger charge is 2.58. The highest BCUT2D eigenvalue weighted by atomic mass is 15.3. The normalized spacial score (nSPS) is 21.3. The summed E-state index contributed by atoms with van der Waals surface area (Å²) in [6, 6.07) is 56.6. The van der Waals surface area contributed by atoms with Crippen molar-refractivity contribution in [2.24, 2.45) is 0 Å². The van der Waals surface area contributed by atoms with E-state index in [0.717, 1.165) is 18.4 Å². The van der Waals surface area contributed by atoms with Crippen LogP contribution in [-0.2, 0) is 10.8 Å². The molecule has 10 rings (SSSR count). The second-order valence-corrected chi connectivity index (χ2v) is 15.1. The van der Waals surface area contributed by atoms with Gasteiger partial charge in [0.15, 0.2) is 0 Å². The molecule has 0 saturated heterocycles. The average molecular weight is 643 g/mol. The van der Waals surface area contributed by atoms with Gasteiger partial charge in [-0.25, -0.2) is 0 Å². The second kappa shape index (κ2) is 10.4. The van der Waals surface area contributed by atoms with Crippen LogP contribution < -0.4 is 4.90 Å². The van der Waals surface area contributed by atoms with Crippen LogP contribution in [0.25, 0.3) is 32.7 Å². The van der Waals surface area contributed by atoms with Gasteiger partial charge in [-0.3, -0.25) is 0 Å². The van der Waals surface area contributed by atoms with Crippen molar-refractivity contribution < 1.29 is 0 Å². The zero-order valence-corrected chi connectivity index (χ0v) is 28.6. The Balaban J connectivity index is 1.31. The van der Waals surface area contributed by atoms with Gasteiger partial charge in [-0.05, 0) is 111 Å². The summed E-state index contributed by atoms with van der Waals surface area (Å²) in [6.07, 6.45) is 4.65. The molecule has 1 aliphatic heterocycles. The van der Waals surface area contributed by atoms with Crippen LogP contribution in [0.4, 0.5) is 11.4 Å². The summed E-state index contributed by atoms with van der Waals surface area (Å²) in [5.74, 6) is 0. The highest BCUT2D eigenvalue weighted by Crippen LogP contribution is 2.63. The van der Waals surface area contributed by atoms with Crippen molar-refractivity contribution in [3.8, 4) is 17.2 Å². The Morgan fingerprint density at radius 2 is 1.28 bits per heavy atom. The van der Waals surface area contributed by atoms with E-state index >= 15 is 0 Å². The maximum absolute atomic E-state index is 9.93. The molecule has 0 bridgehead atoms. The van der Waals surface area contributed by atoms with Gasteiger partial charge in [0.2, 0.25) is 0 Å². The molecule has 1 heterocycles. The van der Waals surface area contributed by atoms with Gasteiger partial charge in [-0.15, -0.1) is 0 Å². The van der Waals surface area contributed by atoms with Crippen molar-refractivity contribution in [2.75, 3.05) is 4.90 Å². The van der Waals surface area contributed by atoms with Crippen molar-refractivity contribution in [2.45, 2.75) is 55.9 Å². The molecule has 50 heavy (non-hydrogen) atoms. The molecule has 7 aromatic carbocycles.